The standard InChI is InChI=1S/C21H36O2/c1-6-13-10-14(7-2)19-16-11-15(18(13)19)12-17(16)20(22)23-21(5,8-3)9-4/h13-19H,6-12H2,1-5H3. The van der Waals surface area contributed by atoms with E-state index in [-0.39, 0.29) is 17.5 Å². The van der Waals surface area contributed by atoms with E-state index >= 15 is 0 Å². The van der Waals surface area contributed by atoms with Gasteiger partial charge in [-0.2, -0.15) is 0 Å². The van der Waals surface area contributed by atoms with Gasteiger partial charge in [0.2, 0.25) is 0 Å². The number of fused-ring (bicyclic) bond motifs is 5. The molecule has 0 amide bonds. The Hall–Kier alpha value is -0.530. The molecule has 0 N–H and O–H groups in total. The summed E-state index contributed by atoms with van der Waals surface area (Å²) in [5.41, 5.74) is -0.260. The minimum absolute atomic E-state index is 0.122. The van der Waals surface area contributed by atoms with Crippen LogP contribution in [0.15, 0.2) is 0 Å². The van der Waals surface area contributed by atoms with Crippen LogP contribution in [0.25, 0.3) is 0 Å². The van der Waals surface area contributed by atoms with Crippen LogP contribution in [-0.4, -0.2) is 11.6 Å². The third-order valence-corrected chi connectivity index (χ3v) is 8.02. The highest BCUT2D eigenvalue weighted by Crippen LogP contribution is 2.65. The smallest absolute Gasteiger partial charge is 0.309 e. The zero-order chi connectivity index (χ0) is 16.8. The molecule has 3 fully saturated rings. The molecule has 23 heavy (non-hydrogen) atoms. The Morgan fingerprint density at radius 3 is 2.13 bits per heavy atom. The van der Waals surface area contributed by atoms with Crippen molar-refractivity contribution in [1.29, 1.82) is 0 Å². The maximum absolute atomic E-state index is 12.9. The Morgan fingerprint density at radius 1 is 0.957 bits per heavy atom. The Morgan fingerprint density at radius 2 is 1.57 bits per heavy atom. The van der Waals surface area contributed by atoms with Crippen molar-refractivity contribution in [2.75, 3.05) is 0 Å². The van der Waals surface area contributed by atoms with Gasteiger partial charge in [0, 0.05) is 0 Å². The summed E-state index contributed by atoms with van der Waals surface area (Å²) in [7, 11) is 0. The molecule has 3 saturated carbocycles. The number of carbonyl (C=O) groups is 1. The van der Waals surface area contributed by atoms with Crippen LogP contribution >= 0.6 is 0 Å². The van der Waals surface area contributed by atoms with Crippen LogP contribution in [0.2, 0.25) is 0 Å². The van der Waals surface area contributed by atoms with Crippen LogP contribution in [0, 0.1) is 41.4 Å². The number of ether oxygens (including phenoxy) is 1. The molecule has 3 rings (SSSR count). The quantitative estimate of drug-likeness (QED) is 0.608. The van der Waals surface area contributed by atoms with Gasteiger partial charge in [0.25, 0.3) is 0 Å². The average molecular weight is 321 g/mol. The molecule has 0 heterocycles. The zero-order valence-electron chi connectivity index (χ0n) is 15.8. The Kier molecular flexibility index (Phi) is 4.82. The van der Waals surface area contributed by atoms with E-state index in [0.29, 0.717) is 5.92 Å². The van der Waals surface area contributed by atoms with Gasteiger partial charge in [-0.15, -0.1) is 0 Å². The van der Waals surface area contributed by atoms with Crippen molar-refractivity contribution in [3.63, 3.8) is 0 Å². The molecule has 0 saturated heterocycles. The van der Waals surface area contributed by atoms with Gasteiger partial charge < -0.3 is 4.74 Å². The molecule has 7 unspecified atom stereocenters. The lowest BCUT2D eigenvalue weighted by Crippen LogP contribution is -2.39. The van der Waals surface area contributed by atoms with Crippen LogP contribution in [0.3, 0.4) is 0 Å². The van der Waals surface area contributed by atoms with Crippen LogP contribution in [-0.2, 0) is 9.53 Å². The van der Waals surface area contributed by atoms with Gasteiger partial charge in [0.15, 0.2) is 0 Å². The fraction of sp³-hybridized carbons (Fsp3) is 0.952. The maximum atomic E-state index is 12.9. The summed E-state index contributed by atoms with van der Waals surface area (Å²) < 4.78 is 6.00. The Balaban J connectivity index is 1.73. The first-order chi connectivity index (χ1) is 11.0. The third kappa shape index (κ3) is 2.74. The average Bonchev–Trinajstić information content (AvgIpc) is 3.24. The Bertz CT molecular complexity index is 439. The largest absolute Gasteiger partial charge is 0.459 e. The summed E-state index contributed by atoms with van der Waals surface area (Å²) in [6.45, 7) is 11.1. The summed E-state index contributed by atoms with van der Waals surface area (Å²) in [6.07, 6.45) is 8.29. The molecule has 0 aliphatic heterocycles. The minimum Gasteiger partial charge on any atom is -0.459 e. The van der Waals surface area contributed by atoms with Gasteiger partial charge in [-0.25, -0.2) is 0 Å². The summed E-state index contributed by atoms with van der Waals surface area (Å²) in [5.74, 6) is 5.27. The minimum atomic E-state index is -0.260. The van der Waals surface area contributed by atoms with E-state index in [9.17, 15) is 4.79 Å². The van der Waals surface area contributed by atoms with Crippen LogP contribution in [0.1, 0.15) is 79.6 Å². The van der Waals surface area contributed by atoms with E-state index in [2.05, 4.69) is 34.6 Å². The Labute approximate surface area is 142 Å². The molecular weight excluding hydrogens is 284 g/mol. The predicted octanol–water partition coefficient (Wildman–Crippen LogP) is 5.45. The molecule has 0 aromatic heterocycles. The van der Waals surface area contributed by atoms with Crippen molar-refractivity contribution >= 4 is 5.97 Å². The fourth-order valence-corrected chi connectivity index (χ4v) is 6.38. The number of carbonyl (C=O) groups excluding carboxylic acids is 1. The lowest BCUT2D eigenvalue weighted by atomic mass is 9.70. The predicted molar refractivity (Wildman–Crippen MR) is 93.9 cm³/mol. The first kappa shape index (κ1) is 17.3. The van der Waals surface area contributed by atoms with Gasteiger partial charge in [0.1, 0.15) is 5.60 Å². The van der Waals surface area contributed by atoms with Crippen molar-refractivity contribution in [2.24, 2.45) is 41.4 Å². The van der Waals surface area contributed by atoms with Crippen molar-refractivity contribution in [1.82, 2.24) is 0 Å². The summed E-state index contributed by atoms with van der Waals surface area (Å²) in [6, 6.07) is 0. The normalized spacial score (nSPS) is 42.0. The molecule has 0 spiro atoms. The molecular formula is C21H36O2. The van der Waals surface area contributed by atoms with Crippen molar-refractivity contribution < 1.29 is 9.53 Å². The highest BCUT2D eigenvalue weighted by Gasteiger charge is 2.61. The second-order valence-electron chi connectivity index (χ2n) is 8.81. The highest BCUT2D eigenvalue weighted by atomic mass is 16.6. The molecule has 2 nitrogen and oxygen atoms in total. The molecule has 0 radical (unpaired) electrons. The highest BCUT2D eigenvalue weighted by molar-refractivity contribution is 5.74. The van der Waals surface area contributed by atoms with Crippen LogP contribution in [0.5, 0.6) is 0 Å². The zero-order valence-corrected chi connectivity index (χ0v) is 15.8. The van der Waals surface area contributed by atoms with E-state index in [0.717, 1.165) is 48.9 Å². The molecule has 132 valence electrons. The van der Waals surface area contributed by atoms with Crippen molar-refractivity contribution in [3.05, 3.63) is 0 Å². The van der Waals surface area contributed by atoms with E-state index < -0.39 is 0 Å². The second kappa shape index (κ2) is 6.41. The van der Waals surface area contributed by atoms with E-state index in [1.165, 1.54) is 25.7 Å². The number of esters is 1. The summed E-state index contributed by atoms with van der Waals surface area (Å²) >= 11 is 0. The monoisotopic (exact) mass is 320 g/mol. The number of hydrogen-bond acceptors (Lipinski definition) is 2. The first-order valence-corrected chi connectivity index (χ1v) is 10.2. The lowest BCUT2D eigenvalue weighted by Gasteiger charge is -2.36. The van der Waals surface area contributed by atoms with Crippen molar-refractivity contribution in [3.8, 4) is 0 Å². The van der Waals surface area contributed by atoms with E-state index in [4.69, 9.17) is 4.74 Å². The third-order valence-electron chi connectivity index (χ3n) is 8.02. The maximum Gasteiger partial charge on any atom is 0.309 e. The van der Waals surface area contributed by atoms with Gasteiger partial charge >= 0.3 is 5.97 Å². The van der Waals surface area contributed by atoms with Gasteiger partial charge in [-0.3, -0.25) is 4.79 Å². The lowest BCUT2D eigenvalue weighted by molar-refractivity contribution is -0.167. The topological polar surface area (TPSA) is 26.3 Å². The molecule has 2 bridgehead atoms. The number of hydrogen-bond donors (Lipinski definition) is 0. The van der Waals surface area contributed by atoms with Gasteiger partial charge in [0.05, 0.1) is 5.92 Å². The van der Waals surface area contributed by atoms with Gasteiger partial charge in [-0.05, 0) is 74.5 Å². The molecule has 3 aliphatic rings. The molecule has 0 aromatic rings. The molecule has 2 heteroatoms. The number of rotatable bonds is 6. The van der Waals surface area contributed by atoms with E-state index in [1.807, 2.05) is 0 Å². The van der Waals surface area contributed by atoms with Crippen LogP contribution in [0.4, 0.5) is 0 Å². The van der Waals surface area contributed by atoms with Gasteiger partial charge in [-0.1, -0.05) is 40.5 Å². The molecule has 7 atom stereocenters. The van der Waals surface area contributed by atoms with E-state index in [1.54, 1.807) is 0 Å². The molecule has 0 aromatic carbocycles. The second-order valence-corrected chi connectivity index (χ2v) is 8.81. The van der Waals surface area contributed by atoms with Crippen molar-refractivity contribution in [2.45, 2.75) is 85.2 Å². The summed E-state index contributed by atoms with van der Waals surface area (Å²) in [5, 5.41) is 0. The first-order valence-electron chi connectivity index (χ1n) is 10.2. The van der Waals surface area contributed by atoms with Crippen LogP contribution < -0.4 is 0 Å². The SMILES string of the molecule is CCC1CC(CC)C2C3CC(CC3C(=O)OC(C)(CC)CC)C12. The summed E-state index contributed by atoms with van der Waals surface area (Å²) in [4.78, 5) is 12.9. The molecule has 3 aliphatic carbocycles. The fourth-order valence-electron chi connectivity index (χ4n) is 6.38.